The van der Waals surface area contributed by atoms with E-state index in [1.54, 1.807) is 12.1 Å². The van der Waals surface area contributed by atoms with Gasteiger partial charge in [0.05, 0.1) is 17.6 Å². The zero-order chi connectivity index (χ0) is 22.8. The Morgan fingerprint density at radius 3 is 2.16 bits per heavy atom. The summed E-state index contributed by atoms with van der Waals surface area (Å²) in [5.41, 5.74) is 1.79. The Morgan fingerprint density at radius 1 is 0.906 bits per heavy atom. The van der Waals surface area contributed by atoms with Crippen molar-refractivity contribution in [2.75, 3.05) is 16.9 Å². The van der Waals surface area contributed by atoms with E-state index in [9.17, 15) is 18.0 Å². The number of para-hydroxylation sites is 2. The highest BCUT2D eigenvalue weighted by Gasteiger charge is 2.30. The lowest BCUT2D eigenvalue weighted by molar-refractivity contribution is -0.274. The number of carbonyl (C=O) groups excluding carboxylic acids is 1. The van der Waals surface area contributed by atoms with Crippen LogP contribution >= 0.6 is 0 Å². The van der Waals surface area contributed by atoms with E-state index in [1.807, 2.05) is 48.5 Å². The second kappa shape index (κ2) is 10.8. The third-order valence-electron chi connectivity index (χ3n) is 3.97. The first kappa shape index (κ1) is 22.5. The molecule has 1 N–H and O–H groups in total. The van der Waals surface area contributed by atoms with E-state index in [0.717, 1.165) is 0 Å². The molecule has 6 nitrogen and oxygen atoms in total. The molecular formula is C23H19F3N4O2. The molecule has 0 fully saturated rings. The van der Waals surface area contributed by atoms with E-state index in [2.05, 4.69) is 20.1 Å². The van der Waals surface area contributed by atoms with Crippen LogP contribution in [0, 0.1) is 0 Å². The maximum atomic E-state index is 12.4. The summed E-state index contributed by atoms with van der Waals surface area (Å²) in [6.45, 7) is -0.0350. The predicted octanol–water partition coefficient (Wildman–Crippen LogP) is 5.42. The largest absolute Gasteiger partial charge is 0.573 e. The summed E-state index contributed by atoms with van der Waals surface area (Å²) in [6.07, 6.45) is -1.97. The topological polar surface area (TPSA) is 66.3 Å². The van der Waals surface area contributed by atoms with Crippen LogP contribution in [0.25, 0.3) is 0 Å². The third-order valence-corrected chi connectivity index (χ3v) is 3.97. The molecular weight excluding hydrogens is 421 g/mol. The van der Waals surface area contributed by atoms with E-state index in [1.165, 1.54) is 41.7 Å². The highest BCUT2D eigenvalue weighted by molar-refractivity contribution is 6.17. The SMILES string of the molecule is O=C(CN(N=CC=Nc1ccc(OC(F)(F)F)cc1)c1ccccc1)Nc1ccccc1. The fourth-order valence-electron chi connectivity index (χ4n) is 2.62. The smallest absolute Gasteiger partial charge is 0.406 e. The summed E-state index contributed by atoms with van der Waals surface area (Å²) in [4.78, 5) is 16.5. The van der Waals surface area contributed by atoms with Crippen molar-refractivity contribution < 1.29 is 22.7 Å². The summed E-state index contributed by atoms with van der Waals surface area (Å²) in [6, 6.07) is 23.3. The van der Waals surface area contributed by atoms with Crippen molar-refractivity contribution in [1.82, 2.24) is 0 Å². The summed E-state index contributed by atoms with van der Waals surface area (Å²) in [7, 11) is 0. The molecule has 0 aliphatic rings. The normalized spacial score (nSPS) is 11.6. The second-order valence-electron chi connectivity index (χ2n) is 6.39. The molecule has 32 heavy (non-hydrogen) atoms. The van der Waals surface area contributed by atoms with Crippen LogP contribution in [0.4, 0.5) is 30.2 Å². The number of hydrazone groups is 1. The molecule has 3 rings (SSSR count). The predicted molar refractivity (Wildman–Crippen MR) is 119 cm³/mol. The molecule has 164 valence electrons. The Hall–Kier alpha value is -4.14. The molecule has 0 saturated heterocycles. The molecule has 3 aromatic carbocycles. The maximum Gasteiger partial charge on any atom is 0.573 e. The van der Waals surface area contributed by atoms with Crippen LogP contribution in [-0.4, -0.2) is 31.2 Å². The lowest BCUT2D eigenvalue weighted by atomic mass is 10.3. The molecule has 9 heteroatoms. The van der Waals surface area contributed by atoms with Gasteiger partial charge in [-0.25, -0.2) is 0 Å². The molecule has 1 amide bonds. The molecule has 0 unspecified atom stereocenters. The van der Waals surface area contributed by atoms with Gasteiger partial charge < -0.3 is 10.1 Å². The van der Waals surface area contributed by atoms with Gasteiger partial charge in [0.2, 0.25) is 5.91 Å². The summed E-state index contributed by atoms with van der Waals surface area (Å²) in [5.74, 6) is -0.584. The average Bonchev–Trinajstić information content (AvgIpc) is 2.77. The van der Waals surface area contributed by atoms with Gasteiger partial charge in [-0.2, -0.15) is 5.10 Å². The van der Waals surface area contributed by atoms with E-state index in [0.29, 0.717) is 17.1 Å². The number of amides is 1. The first-order valence-electron chi connectivity index (χ1n) is 9.49. The quantitative estimate of drug-likeness (QED) is 0.376. The van der Waals surface area contributed by atoms with Crippen molar-refractivity contribution in [2.45, 2.75) is 6.36 Å². The van der Waals surface area contributed by atoms with Gasteiger partial charge in [-0.3, -0.25) is 14.8 Å². The minimum atomic E-state index is -4.74. The average molecular weight is 440 g/mol. The number of carbonyl (C=O) groups is 1. The Balaban J connectivity index is 1.64. The van der Waals surface area contributed by atoms with Gasteiger partial charge in [0.1, 0.15) is 12.3 Å². The van der Waals surface area contributed by atoms with Crippen molar-refractivity contribution in [3.63, 3.8) is 0 Å². The van der Waals surface area contributed by atoms with Crippen LogP contribution in [0.5, 0.6) is 5.75 Å². The molecule has 0 aromatic heterocycles. The zero-order valence-corrected chi connectivity index (χ0v) is 16.7. The number of nitrogens with zero attached hydrogens (tertiary/aromatic N) is 3. The van der Waals surface area contributed by atoms with Crippen molar-refractivity contribution in [1.29, 1.82) is 0 Å². The molecule has 0 saturated carbocycles. The van der Waals surface area contributed by atoms with Crippen LogP contribution in [0.15, 0.2) is 95.0 Å². The zero-order valence-electron chi connectivity index (χ0n) is 16.7. The van der Waals surface area contributed by atoms with E-state index >= 15 is 0 Å². The van der Waals surface area contributed by atoms with E-state index in [-0.39, 0.29) is 18.2 Å². The van der Waals surface area contributed by atoms with Gasteiger partial charge in [0.25, 0.3) is 0 Å². The molecule has 0 radical (unpaired) electrons. The van der Waals surface area contributed by atoms with Crippen molar-refractivity contribution in [3.05, 3.63) is 84.9 Å². The third kappa shape index (κ3) is 7.60. The fraction of sp³-hybridized carbons (Fsp3) is 0.0870. The number of halogens is 3. The first-order valence-corrected chi connectivity index (χ1v) is 9.49. The summed E-state index contributed by atoms with van der Waals surface area (Å²) >= 11 is 0. The monoisotopic (exact) mass is 440 g/mol. The number of rotatable bonds is 8. The van der Waals surface area contributed by atoms with Crippen molar-refractivity contribution in [2.24, 2.45) is 10.1 Å². The minimum absolute atomic E-state index is 0.0350. The highest BCUT2D eigenvalue weighted by Crippen LogP contribution is 2.24. The number of aliphatic imine (C=N–C) groups is 1. The van der Waals surface area contributed by atoms with E-state index < -0.39 is 6.36 Å². The molecule has 0 bridgehead atoms. The number of ether oxygens (including phenoxy) is 1. The second-order valence-corrected chi connectivity index (χ2v) is 6.39. The molecule has 0 aliphatic heterocycles. The van der Waals surface area contributed by atoms with Gasteiger partial charge in [-0.15, -0.1) is 13.2 Å². The van der Waals surface area contributed by atoms with Gasteiger partial charge in [0, 0.05) is 11.9 Å². The fourth-order valence-corrected chi connectivity index (χ4v) is 2.62. The molecule has 0 spiro atoms. The number of anilines is 2. The number of benzene rings is 3. The number of hydrogen-bond acceptors (Lipinski definition) is 5. The first-order chi connectivity index (χ1) is 15.4. The Kier molecular flexibility index (Phi) is 7.58. The summed E-state index contributed by atoms with van der Waals surface area (Å²) in [5, 5.41) is 8.59. The maximum absolute atomic E-state index is 12.4. The lowest BCUT2D eigenvalue weighted by Crippen LogP contribution is -2.29. The molecule has 0 aliphatic carbocycles. The highest BCUT2D eigenvalue weighted by atomic mass is 19.4. The molecule has 0 atom stereocenters. The van der Waals surface area contributed by atoms with Gasteiger partial charge in [-0.05, 0) is 48.5 Å². The molecule has 3 aromatic rings. The van der Waals surface area contributed by atoms with Crippen molar-refractivity contribution in [3.8, 4) is 5.75 Å². The molecule has 0 heterocycles. The Labute approximate surface area is 182 Å². The van der Waals surface area contributed by atoms with Crippen LogP contribution in [0.3, 0.4) is 0 Å². The van der Waals surface area contributed by atoms with Crippen LogP contribution in [0.2, 0.25) is 0 Å². The standard InChI is InChI=1S/C23H19F3N4O2/c24-23(25,26)32-21-13-11-18(12-14-21)27-15-16-28-30(20-9-5-2-6-10-20)17-22(31)29-19-7-3-1-4-8-19/h1-16H,17H2,(H,29,31). The number of alkyl halides is 3. The van der Waals surface area contributed by atoms with Gasteiger partial charge >= 0.3 is 6.36 Å². The van der Waals surface area contributed by atoms with Crippen molar-refractivity contribution >= 4 is 35.4 Å². The minimum Gasteiger partial charge on any atom is -0.406 e. The number of nitrogens with one attached hydrogen (secondary N) is 1. The Morgan fingerprint density at radius 2 is 1.53 bits per heavy atom. The number of hydrogen-bond donors (Lipinski definition) is 1. The van der Waals surface area contributed by atoms with Crippen LogP contribution in [-0.2, 0) is 4.79 Å². The summed E-state index contributed by atoms with van der Waals surface area (Å²) < 4.78 is 40.5. The Bertz CT molecular complexity index is 1050. The van der Waals surface area contributed by atoms with Crippen LogP contribution < -0.4 is 15.1 Å². The van der Waals surface area contributed by atoms with Gasteiger partial charge in [0.15, 0.2) is 0 Å². The lowest BCUT2D eigenvalue weighted by Gasteiger charge is -2.18. The van der Waals surface area contributed by atoms with E-state index in [4.69, 9.17) is 0 Å². The van der Waals surface area contributed by atoms with Crippen LogP contribution in [0.1, 0.15) is 0 Å². The van der Waals surface area contributed by atoms with Gasteiger partial charge in [-0.1, -0.05) is 36.4 Å².